The Balaban J connectivity index is 1.76. The minimum absolute atomic E-state index is 0.0703. The van der Waals surface area contributed by atoms with Crippen LogP contribution in [0.15, 0.2) is 97.3 Å². The molecule has 0 spiro atoms. The summed E-state index contributed by atoms with van der Waals surface area (Å²) in [5.74, 6) is 0. The molecule has 0 atom stereocenters. The predicted molar refractivity (Wildman–Crippen MR) is 149 cm³/mol. The number of fused-ring (bicyclic) bond motifs is 12. The van der Waals surface area contributed by atoms with Gasteiger partial charge in [-0.05, 0) is 46.5 Å². The van der Waals surface area contributed by atoms with Gasteiger partial charge < -0.3 is 4.57 Å². The van der Waals surface area contributed by atoms with Gasteiger partial charge in [0.05, 0.1) is 11.0 Å². The minimum atomic E-state index is -0.0703. The van der Waals surface area contributed by atoms with Crippen molar-refractivity contribution in [1.29, 1.82) is 0 Å². The van der Waals surface area contributed by atoms with Crippen LogP contribution in [0.2, 0.25) is 0 Å². The smallest absolute Gasteiger partial charge is 0.0640 e. The molecule has 0 unspecified atom stereocenters. The van der Waals surface area contributed by atoms with Crippen molar-refractivity contribution in [3.63, 3.8) is 0 Å². The van der Waals surface area contributed by atoms with E-state index in [9.17, 15) is 0 Å². The topological polar surface area (TPSA) is 17.8 Å². The first kappa shape index (κ1) is 19.4. The summed E-state index contributed by atoms with van der Waals surface area (Å²) >= 11 is 1.94. The SMILES string of the molecule is CC1(C)c2ccccc2-c2c1c1sc3ccccc3c1c1c2c2ccccc2n1-c1ccncc1. The number of hydrogen-bond acceptors (Lipinski definition) is 2. The molecule has 0 saturated heterocycles. The van der Waals surface area contributed by atoms with E-state index in [0.717, 1.165) is 5.69 Å². The summed E-state index contributed by atoms with van der Waals surface area (Å²) in [5, 5.41) is 5.38. The maximum atomic E-state index is 4.31. The molecule has 3 heterocycles. The van der Waals surface area contributed by atoms with Crippen molar-refractivity contribution in [2.24, 2.45) is 0 Å². The van der Waals surface area contributed by atoms with Gasteiger partial charge in [-0.3, -0.25) is 4.98 Å². The van der Waals surface area contributed by atoms with Gasteiger partial charge >= 0.3 is 0 Å². The molecule has 0 saturated carbocycles. The van der Waals surface area contributed by atoms with E-state index in [1.165, 1.54) is 64.2 Å². The first-order valence-electron chi connectivity index (χ1n) is 12.1. The summed E-state index contributed by atoms with van der Waals surface area (Å²) in [6.45, 7) is 4.80. The van der Waals surface area contributed by atoms with Gasteiger partial charge in [-0.25, -0.2) is 0 Å². The zero-order valence-corrected chi connectivity index (χ0v) is 20.4. The number of rotatable bonds is 1. The fraction of sp³-hybridized carbons (Fsp3) is 0.0938. The lowest BCUT2D eigenvalue weighted by molar-refractivity contribution is 0.667. The Labute approximate surface area is 207 Å². The molecule has 8 rings (SSSR count). The standard InChI is InChI=1S/C32H22N2S/c1-32(2)23-12-6-3-9-20(23)26-27-21-10-4-7-13-24(21)34(19-15-17-33-18-16-19)30(27)28-22-11-5-8-14-25(22)35-31(28)29(26)32/h3-18H,1-2H3. The van der Waals surface area contributed by atoms with Crippen LogP contribution in [0.4, 0.5) is 0 Å². The average molecular weight is 467 g/mol. The van der Waals surface area contributed by atoms with Crippen LogP contribution in [-0.2, 0) is 5.41 Å². The summed E-state index contributed by atoms with van der Waals surface area (Å²) in [5.41, 5.74) is 9.28. The molecule has 1 aliphatic rings. The van der Waals surface area contributed by atoms with Crippen molar-refractivity contribution < 1.29 is 0 Å². The molecule has 1 aliphatic carbocycles. The van der Waals surface area contributed by atoms with Crippen LogP contribution in [-0.4, -0.2) is 9.55 Å². The van der Waals surface area contributed by atoms with Gasteiger partial charge in [-0.2, -0.15) is 0 Å². The molecule has 35 heavy (non-hydrogen) atoms. The average Bonchev–Trinajstić information content (AvgIpc) is 3.51. The minimum Gasteiger partial charge on any atom is -0.308 e. The molecule has 0 aliphatic heterocycles. The molecule has 0 bridgehead atoms. The fourth-order valence-electron chi connectivity index (χ4n) is 6.43. The van der Waals surface area contributed by atoms with Crippen LogP contribution in [0.25, 0.3) is 58.8 Å². The van der Waals surface area contributed by atoms with E-state index in [0.29, 0.717) is 0 Å². The van der Waals surface area contributed by atoms with Gasteiger partial charge in [0.15, 0.2) is 0 Å². The van der Waals surface area contributed by atoms with Crippen molar-refractivity contribution in [3.05, 3.63) is 108 Å². The number of nitrogens with zero attached hydrogens (tertiary/aromatic N) is 2. The zero-order valence-electron chi connectivity index (χ0n) is 19.5. The molecular formula is C32H22N2S. The number of para-hydroxylation sites is 1. The number of benzene rings is 4. The summed E-state index contributed by atoms with van der Waals surface area (Å²) in [7, 11) is 0. The largest absolute Gasteiger partial charge is 0.308 e. The van der Waals surface area contributed by atoms with Gasteiger partial charge in [0.25, 0.3) is 0 Å². The molecule has 7 aromatic rings. The summed E-state index contributed by atoms with van der Waals surface area (Å²) in [6.07, 6.45) is 3.79. The lowest BCUT2D eigenvalue weighted by Gasteiger charge is -2.22. The van der Waals surface area contributed by atoms with Crippen LogP contribution < -0.4 is 0 Å². The highest BCUT2D eigenvalue weighted by Crippen LogP contribution is 2.58. The molecule has 0 amide bonds. The maximum absolute atomic E-state index is 4.31. The Morgan fingerprint density at radius 1 is 0.743 bits per heavy atom. The Morgan fingerprint density at radius 2 is 1.46 bits per heavy atom. The van der Waals surface area contributed by atoms with Crippen molar-refractivity contribution in [3.8, 4) is 16.8 Å². The van der Waals surface area contributed by atoms with Crippen LogP contribution >= 0.6 is 11.3 Å². The second-order valence-corrected chi connectivity index (χ2v) is 11.1. The van der Waals surface area contributed by atoms with Crippen LogP contribution in [0.3, 0.4) is 0 Å². The molecule has 3 aromatic heterocycles. The Hall–Kier alpha value is -3.95. The van der Waals surface area contributed by atoms with E-state index in [4.69, 9.17) is 0 Å². The predicted octanol–water partition coefficient (Wildman–Crippen LogP) is 8.85. The summed E-state index contributed by atoms with van der Waals surface area (Å²) < 4.78 is 5.21. The van der Waals surface area contributed by atoms with Crippen molar-refractivity contribution in [2.75, 3.05) is 0 Å². The van der Waals surface area contributed by atoms with Gasteiger partial charge in [0.1, 0.15) is 0 Å². The number of aromatic nitrogens is 2. The molecule has 0 fully saturated rings. The quantitative estimate of drug-likeness (QED) is 0.236. The normalized spacial score (nSPS) is 14.2. The fourth-order valence-corrected chi connectivity index (χ4v) is 7.85. The van der Waals surface area contributed by atoms with Crippen molar-refractivity contribution in [1.82, 2.24) is 9.55 Å². The van der Waals surface area contributed by atoms with Crippen molar-refractivity contribution in [2.45, 2.75) is 19.3 Å². The van der Waals surface area contributed by atoms with E-state index in [2.05, 4.69) is 108 Å². The number of thiophene rings is 1. The molecular weight excluding hydrogens is 444 g/mol. The highest BCUT2D eigenvalue weighted by molar-refractivity contribution is 7.26. The second-order valence-electron chi connectivity index (χ2n) is 10.0. The Morgan fingerprint density at radius 3 is 2.31 bits per heavy atom. The first-order chi connectivity index (χ1) is 17.2. The van der Waals surface area contributed by atoms with Gasteiger partial charge in [0, 0.05) is 54.4 Å². The Kier molecular flexibility index (Phi) is 3.64. The molecule has 166 valence electrons. The zero-order chi connectivity index (χ0) is 23.3. The van der Waals surface area contributed by atoms with Gasteiger partial charge in [0.2, 0.25) is 0 Å². The highest BCUT2D eigenvalue weighted by Gasteiger charge is 2.40. The molecule has 4 aromatic carbocycles. The number of pyridine rings is 1. The molecule has 2 nitrogen and oxygen atoms in total. The third-order valence-electron chi connectivity index (χ3n) is 7.85. The highest BCUT2D eigenvalue weighted by atomic mass is 32.1. The molecule has 3 heteroatoms. The van der Waals surface area contributed by atoms with Crippen molar-refractivity contribution >= 4 is 53.3 Å². The van der Waals surface area contributed by atoms with Crippen LogP contribution in [0.5, 0.6) is 0 Å². The van der Waals surface area contributed by atoms with E-state index < -0.39 is 0 Å². The summed E-state index contributed by atoms with van der Waals surface area (Å²) in [4.78, 5) is 4.31. The Bertz CT molecular complexity index is 1970. The van der Waals surface area contributed by atoms with Crippen LogP contribution in [0, 0.1) is 0 Å². The maximum Gasteiger partial charge on any atom is 0.0640 e. The van der Waals surface area contributed by atoms with E-state index in [1.54, 1.807) is 0 Å². The third-order valence-corrected chi connectivity index (χ3v) is 9.04. The van der Waals surface area contributed by atoms with Gasteiger partial charge in [-0.15, -0.1) is 11.3 Å². The van der Waals surface area contributed by atoms with Gasteiger partial charge in [-0.1, -0.05) is 74.5 Å². The molecule has 0 radical (unpaired) electrons. The second kappa shape index (κ2) is 6.59. The lowest BCUT2D eigenvalue weighted by atomic mass is 9.81. The monoisotopic (exact) mass is 466 g/mol. The van der Waals surface area contributed by atoms with E-state index in [-0.39, 0.29) is 5.41 Å². The van der Waals surface area contributed by atoms with Crippen LogP contribution in [0.1, 0.15) is 25.0 Å². The van der Waals surface area contributed by atoms with E-state index in [1.807, 2.05) is 23.7 Å². The lowest BCUT2D eigenvalue weighted by Crippen LogP contribution is -2.15. The van der Waals surface area contributed by atoms with E-state index >= 15 is 0 Å². The third kappa shape index (κ3) is 2.32. The molecule has 0 N–H and O–H groups in total. The number of hydrogen-bond donors (Lipinski definition) is 0. The first-order valence-corrected chi connectivity index (χ1v) is 12.9. The summed E-state index contributed by atoms with van der Waals surface area (Å²) in [6, 6.07) is 31.0.